The molecule has 1 aliphatic rings. The predicted molar refractivity (Wildman–Crippen MR) is 124 cm³/mol. The van der Waals surface area contributed by atoms with Gasteiger partial charge in [0.1, 0.15) is 5.75 Å². The Kier molecular flexibility index (Phi) is 5.24. The molecule has 0 aliphatic carbocycles. The van der Waals surface area contributed by atoms with Crippen molar-refractivity contribution in [2.24, 2.45) is 0 Å². The lowest BCUT2D eigenvalue weighted by Gasteiger charge is -2.37. The number of aromatic nitrogens is 2. The van der Waals surface area contributed by atoms with Gasteiger partial charge in [-0.25, -0.2) is 4.98 Å². The van der Waals surface area contributed by atoms with E-state index in [4.69, 9.17) is 4.74 Å². The number of methoxy groups -OCH3 is 1. The number of rotatable bonds is 5. The fourth-order valence-corrected chi connectivity index (χ4v) is 5.26. The van der Waals surface area contributed by atoms with Crippen molar-refractivity contribution in [2.45, 2.75) is 32.2 Å². The minimum atomic E-state index is -0.0458. The van der Waals surface area contributed by atoms with E-state index in [-0.39, 0.29) is 11.9 Å². The van der Waals surface area contributed by atoms with Gasteiger partial charge in [-0.1, -0.05) is 25.1 Å². The maximum absolute atomic E-state index is 13.4. The van der Waals surface area contributed by atoms with Crippen LogP contribution in [0.4, 0.5) is 0 Å². The molecule has 1 unspecified atom stereocenters. The molecular formula is C25H25N3O2S. The Balaban J connectivity index is 1.61. The first-order chi connectivity index (χ1) is 15.2. The minimum absolute atomic E-state index is 0.0133. The summed E-state index contributed by atoms with van der Waals surface area (Å²) in [5, 5.41) is 3.62. The molecule has 1 N–H and O–H groups in total. The van der Waals surface area contributed by atoms with Crippen LogP contribution >= 0.6 is 11.3 Å². The summed E-state index contributed by atoms with van der Waals surface area (Å²) in [5.74, 6) is 0.950. The third-order valence-electron chi connectivity index (χ3n) is 6.24. The molecule has 0 spiro atoms. The van der Waals surface area contributed by atoms with Crippen molar-refractivity contribution < 1.29 is 9.53 Å². The summed E-state index contributed by atoms with van der Waals surface area (Å²) in [7, 11) is 1.73. The van der Waals surface area contributed by atoms with E-state index in [0.717, 1.165) is 30.5 Å². The smallest absolute Gasteiger partial charge is 0.283 e. The van der Waals surface area contributed by atoms with Crippen molar-refractivity contribution in [3.8, 4) is 5.75 Å². The summed E-state index contributed by atoms with van der Waals surface area (Å²) >= 11 is 1.40. The number of carbonyl (C=O) groups excluding carboxylic acids is 1. The fraction of sp³-hybridized carbons (Fsp3) is 0.280. The quantitative estimate of drug-likeness (QED) is 0.474. The number of ether oxygens (including phenoxy) is 1. The zero-order chi connectivity index (χ0) is 21.4. The number of thiazole rings is 1. The van der Waals surface area contributed by atoms with Gasteiger partial charge in [0.15, 0.2) is 5.01 Å². The Morgan fingerprint density at radius 1 is 1.29 bits per heavy atom. The number of hydrogen-bond acceptors (Lipinski definition) is 4. The van der Waals surface area contributed by atoms with Gasteiger partial charge in [-0.3, -0.25) is 4.79 Å². The topological polar surface area (TPSA) is 58.2 Å². The second kappa shape index (κ2) is 8.19. The number of aryl methyl sites for hydroxylation is 1. The molecular weight excluding hydrogens is 406 g/mol. The molecule has 1 amide bonds. The molecule has 0 fully saturated rings. The molecule has 0 saturated carbocycles. The first-order valence-corrected chi connectivity index (χ1v) is 11.5. The summed E-state index contributed by atoms with van der Waals surface area (Å²) < 4.78 is 5.64. The number of nitrogens with one attached hydrogen (secondary N) is 1. The van der Waals surface area contributed by atoms with Crippen LogP contribution in [0.3, 0.4) is 0 Å². The summed E-state index contributed by atoms with van der Waals surface area (Å²) in [5.41, 5.74) is 6.00. The fourth-order valence-electron chi connectivity index (χ4n) is 4.67. The van der Waals surface area contributed by atoms with Crippen LogP contribution in [0.5, 0.6) is 5.75 Å². The Morgan fingerprint density at radius 2 is 2.16 bits per heavy atom. The van der Waals surface area contributed by atoms with Crippen molar-refractivity contribution in [2.75, 3.05) is 13.7 Å². The zero-order valence-corrected chi connectivity index (χ0v) is 18.5. The van der Waals surface area contributed by atoms with E-state index in [0.29, 0.717) is 11.6 Å². The van der Waals surface area contributed by atoms with Gasteiger partial charge in [-0.2, -0.15) is 0 Å². The SMILES string of the molecule is CCc1cc2c(cc1OC)CCN(C(=O)c1nccs1)C2Cc1c[nH]c2ccccc12. The van der Waals surface area contributed by atoms with Crippen molar-refractivity contribution in [1.29, 1.82) is 0 Å². The molecule has 0 radical (unpaired) electrons. The monoisotopic (exact) mass is 431 g/mol. The number of H-pyrrole nitrogens is 1. The van der Waals surface area contributed by atoms with Crippen LogP contribution in [0.2, 0.25) is 0 Å². The normalized spacial score (nSPS) is 15.8. The Morgan fingerprint density at radius 3 is 2.94 bits per heavy atom. The van der Waals surface area contributed by atoms with E-state index < -0.39 is 0 Å². The van der Waals surface area contributed by atoms with Crippen LogP contribution in [0.1, 0.15) is 45.0 Å². The van der Waals surface area contributed by atoms with Gasteiger partial charge in [0.05, 0.1) is 13.2 Å². The predicted octanol–water partition coefficient (Wildman–Crippen LogP) is 5.18. The van der Waals surface area contributed by atoms with Crippen molar-refractivity contribution >= 4 is 28.1 Å². The van der Waals surface area contributed by atoms with Crippen LogP contribution in [0.15, 0.2) is 54.2 Å². The van der Waals surface area contributed by atoms with Crippen LogP contribution in [0.25, 0.3) is 10.9 Å². The molecule has 3 heterocycles. The summed E-state index contributed by atoms with van der Waals surface area (Å²) in [6, 6.07) is 12.7. The molecule has 5 nitrogen and oxygen atoms in total. The number of para-hydroxylation sites is 1. The highest BCUT2D eigenvalue weighted by molar-refractivity contribution is 7.11. The second-order valence-electron chi connectivity index (χ2n) is 7.88. The van der Waals surface area contributed by atoms with Gasteiger partial charge in [0.2, 0.25) is 0 Å². The molecule has 2 aromatic heterocycles. The lowest BCUT2D eigenvalue weighted by Crippen LogP contribution is -2.41. The van der Waals surface area contributed by atoms with E-state index >= 15 is 0 Å². The highest BCUT2D eigenvalue weighted by Crippen LogP contribution is 2.38. The van der Waals surface area contributed by atoms with Gasteiger partial charge in [0, 0.05) is 35.2 Å². The molecule has 0 bridgehead atoms. The molecule has 6 heteroatoms. The number of carbonyl (C=O) groups is 1. The maximum Gasteiger partial charge on any atom is 0.283 e. The van der Waals surface area contributed by atoms with Crippen molar-refractivity contribution in [3.05, 3.63) is 81.4 Å². The van der Waals surface area contributed by atoms with E-state index in [9.17, 15) is 4.79 Å². The van der Waals surface area contributed by atoms with Crippen LogP contribution in [0, 0.1) is 0 Å². The zero-order valence-electron chi connectivity index (χ0n) is 17.7. The van der Waals surface area contributed by atoms with Gasteiger partial charge in [0.25, 0.3) is 5.91 Å². The number of amides is 1. The first kappa shape index (κ1) is 19.8. The lowest BCUT2D eigenvalue weighted by molar-refractivity contribution is 0.0659. The number of aromatic amines is 1. The molecule has 1 atom stereocenters. The van der Waals surface area contributed by atoms with Gasteiger partial charge in [-0.05, 0) is 59.7 Å². The molecule has 31 heavy (non-hydrogen) atoms. The molecule has 2 aromatic carbocycles. The Hall–Kier alpha value is -3.12. The Labute approximate surface area is 185 Å². The maximum atomic E-state index is 13.4. The number of fused-ring (bicyclic) bond motifs is 2. The highest BCUT2D eigenvalue weighted by atomic mass is 32.1. The second-order valence-corrected chi connectivity index (χ2v) is 8.78. The Bertz CT molecular complexity index is 1230. The average Bonchev–Trinajstić information content (AvgIpc) is 3.48. The molecule has 5 rings (SSSR count). The summed E-state index contributed by atoms with van der Waals surface area (Å²) in [6.07, 6.45) is 6.23. The van der Waals surface area contributed by atoms with E-state index in [1.54, 1.807) is 13.3 Å². The first-order valence-electron chi connectivity index (χ1n) is 10.6. The number of hydrogen-bond donors (Lipinski definition) is 1. The van der Waals surface area contributed by atoms with Crippen molar-refractivity contribution in [3.63, 3.8) is 0 Å². The third kappa shape index (κ3) is 3.51. The molecule has 1 aliphatic heterocycles. The van der Waals surface area contributed by atoms with E-state index in [1.165, 1.54) is 39.0 Å². The summed E-state index contributed by atoms with van der Waals surface area (Å²) in [6.45, 7) is 2.81. The van der Waals surface area contributed by atoms with Crippen LogP contribution < -0.4 is 4.74 Å². The average molecular weight is 432 g/mol. The standard InChI is InChI=1S/C25H25N3O2S/c1-3-16-12-20-17(14-23(16)30-2)8-10-28(25(29)24-26-9-11-31-24)22(20)13-18-15-27-21-7-5-4-6-19(18)21/h4-7,9,11-12,14-15,22,27H,3,8,10,13H2,1-2H3. The van der Waals surface area contributed by atoms with Gasteiger partial charge >= 0.3 is 0 Å². The van der Waals surface area contributed by atoms with E-state index in [2.05, 4.69) is 53.4 Å². The summed E-state index contributed by atoms with van der Waals surface area (Å²) in [4.78, 5) is 23.1. The van der Waals surface area contributed by atoms with E-state index in [1.807, 2.05) is 16.3 Å². The van der Waals surface area contributed by atoms with Gasteiger partial charge < -0.3 is 14.6 Å². The molecule has 158 valence electrons. The third-order valence-corrected chi connectivity index (χ3v) is 7.01. The van der Waals surface area contributed by atoms with Crippen molar-refractivity contribution in [1.82, 2.24) is 14.9 Å². The molecule has 0 saturated heterocycles. The van der Waals surface area contributed by atoms with Crippen LogP contribution in [-0.4, -0.2) is 34.4 Å². The minimum Gasteiger partial charge on any atom is -0.496 e. The lowest BCUT2D eigenvalue weighted by atomic mass is 9.86. The number of nitrogens with zero attached hydrogens (tertiary/aromatic N) is 2. The van der Waals surface area contributed by atoms with Crippen LogP contribution in [-0.2, 0) is 19.3 Å². The van der Waals surface area contributed by atoms with Gasteiger partial charge in [-0.15, -0.1) is 11.3 Å². The molecule has 4 aromatic rings. The largest absolute Gasteiger partial charge is 0.496 e. The number of benzene rings is 2. The highest BCUT2D eigenvalue weighted by Gasteiger charge is 2.33.